The molecule has 0 spiro atoms. The quantitative estimate of drug-likeness (QED) is 0.532. The van der Waals surface area contributed by atoms with E-state index >= 15 is 0 Å². The van der Waals surface area contributed by atoms with Gasteiger partial charge in [-0.1, -0.05) is 48.5 Å². The van der Waals surface area contributed by atoms with Gasteiger partial charge in [0.1, 0.15) is 0 Å². The molecule has 4 heteroatoms. The smallest absolute Gasteiger partial charge is 0.220 e. The van der Waals surface area contributed by atoms with Crippen LogP contribution in [0.3, 0.4) is 0 Å². The van der Waals surface area contributed by atoms with Crippen molar-refractivity contribution in [2.45, 2.75) is 25.7 Å². The fraction of sp³-hybridized carbons (Fsp3) is 0.318. The monoisotopic (exact) mass is 367 g/mol. The van der Waals surface area contributed by atoms with Gasteiger partial charge >= 0.3 is 0 Å². The second-order valence-electron chi connectivity index (χ2n) is 6.31. The molecule has 0 aliphatic heterocycles. The Kier molecular flexibility index (Phi) is 7.23. The fourth-order valence-corrected chi connectivity index (χ4v) is 3.92. The van der Waals surface area contributed by atoms with E-state index in [1.54, 1.807) is 11.3 Å². The van der Waals surface area contributed by atoms with Crippen LogP contribution in [0.5, 0.6) is 0 Å². The lowest BCUT2D eigenvalue weighted by Crippen LogP contribution is -2.25. The highest BCUT2D eigenvalue weighted by Crippen LogP contribution is 2.25. The molecule has 1 heterocycles. The number of hydrogen-bond donors (Lipinski definition) is 1. The van der Waals surface area contributed by atoms with E-state index in [4.69, 9.17) is 4.74 Å². The lowest BCUT2D eigenvalue weighted by atomic mass is 10.1. The average Bonchev–Trinajstić information content (AvgIpc) is 3.09. The van der Waals surface area contributed by atoms with E-state index in [-0.39, 0.29) is 5.91 Å². The first-order chi connectivity index (χ1) is 12.8. The molecule has 3 rings (SSSR count). The standard InChI is InChI=1S/C22H25NO2S/c24-22(11-6-15-25-16-13-18-7-2-1-3-8-18)23-14-12-19-17-26-21-10-5-4-9-20(19)21/h1-5,7-10,17H,6,11-16H2,(H,23,24). The van der Waals surface area contributed by atoms with Crippen LogP contribution in [0, 0.1) is 0 Å². The average molecular weight is 368 g/mol. The summed E-state index contributed by atoms with van der Waals surface area (Å²) in [7, 11) is 0. The summed E-state index contributed by atoms with van der Waals surface area (Å²) >= 11 is 1.76. The summed E-state index contributed by atoms with van der Waals surface area (Å²) in [6, 6.07) is 18.7. The largest absolute Gasteiger partial charge is 0.381 e. The molecule has 0 saturated heterocycles. The second-order valence-corrected chi connectivity index (χ2v) is 7.22. The Labute approximate surface area is 159 Å². The minimum atomic E-state index is 0.108. The molecule has 0 aliphatic carbocycles. The van der Waals surface area contributed by atoms with Crippen molar-refractivity contribution in [1.29, 1.82) is 0 Å². The lowest BCUT2D eigenvalue weighted by Gasteiger charge is -2.06. The van der Waals surface area contributed by atoms with E-state index < -0.39 is 0 Å². The summed E-state index contributed by atoms with van der Waals surface area (Å²) in [4.78, 5) is 11.9. The van der Waals surface area contributed by atoms with Gasteiger partial charge in [-0.25, -0.2) is 0 Å². The second kappa shape index (κ2) is 10.1. The highest BCUT2D eigenvalue weighted by molar-refractivity contribution is 7.17. The number of carbonyl (C=O) groups is 1. The van der Waals surface area contributed by atoms with Crippen LogP contribution in [0.2, 0.25) is 0 Å². The highest BCUT2D eigenvalue weighted by Gasteiger charge is 2.05. The van der Waals surface area contributed by atoms with E-state index in [9.17, 15) is 4.79 Å². The van der Waals surface area contributed by atoms with Gasteiger partial charge in [-0.3, -0.25) is 4.79 Å². The van der Waals surface area contributed by atoms with Gasteiger partial charge < -0.3 is 10.1 Å². The Morgan fingerprint density at radius 2 is 1.77 bits per heavy atom. The van der Waals surface area contributed by atoms with Crippen molar-refractivity contribution in [3.05, 3.63) is 71.1 Å². The Morgan fingerprint density at radius 3 is 2.65 bits per heavy atom. The molecular weight excluding hydrogens is 342 g/mol. The minimum absolute atomic E-state index is 0.108. The zero-order chi connectivity index (χ0) is 18.0. The fourth-order valence-electron chi connectivity index (χ4n) is 2.92. The molecule has 0 saturated carbocycles. The van der Waals surface area contributed by atoms with Crippen molar-refractivity contribution in [2.24, 2.45) is 0 Å². The maximum Gasteiger partial charge on any atom is 0.220 e. The van der Waals surface area contributed by atoms with Crippen molar-refractivity contribution in [1.82, 2.24) is 5.32 Å². The number of benzene rings is 2. The maximum absolute atomic E-state index is 11.9. The molecular formula is C22H25NO2S. The zero-order valence-corrected chi connectivity index (χ0v) is 15.8. The van der Waals surface area contributed by atoms with Crippen molar-refractivity contribution in [2.75, 3.05) is 19.8 Å². The van der Waals surface area contributed by atoms with Crippen LogP contribution >= 0.6 is 11.3 Å². The van der Waals surface area contributed by atoms with Crippen LogP contribution in [0.1, 0.15) is 24.0 Å². The molecule has 0 radical (unpaired) electrons. The summed E-state index contributed by atoms with van der Waals surface area (Å²) in [5.41, 5.74) is 2.60. The molecule has 0 fully saturated rings. The van der Waals surface area contributed by atoms with Crippen LogP contribution in [0.15, 0.2) is 60.0 Å². The molecule has 3 aromatic rings. The number of rotatable bonds is 10. The van der Waals surface area contributed by atoms with Crippen molar-refractivity contribution >= 4 is 27.3 Å². The van der Waals surface area contributed by atoms with Gasteiger partial charge in [0.25, 0.3) is 0 Å². The molecule has 2 aromatic carbocycles. The Bertz CT molecular complexity index is 813. The van der Waals surface area contributed by atoms with Gasteiger partial charge in [0.15, 0.2) is 0 Å². The number of nitrogens with one attached hydrogen (secondary N) is 1. The van der Waals surface area contributed by atoms with Gasteiger partial charge in [0.2, 0.25) is 5.91 Å². The molecule has 1 N–H and O–H groups in total. The number of hydrogen-bond acceptors (Lipinski definition) is 3. The van der Waals surface area contributed by atoms with Gasteiger partial charge in [-0.15, -0.1) is 11.3 Å². The number of amides is 1. The van der Waals surface area contributed by atoms with Crippen molar-refractivity contribution in [3.8, 4) is 0 Å². The number of ether oxygens (including phenoxy) is 1. The van der Waals surface area contributed by atoms with E-state index in [0.29, 0.717) is 26.2 Å². The predicted molar refractivity (Wildman–Crippen MR) is 109 cm³/mol. The van der Waals surface area contributed by atoms with Gasteiger partial charge in [0.05, 0.1) is 6.61 Å². The van der Waals surface area contributed by atoms with Gasteiger partial charge in [-0.2, -0.15) is 0 Å². The third-order valence-electron chi connectivity index (χ3n) is 4.35. The number of thiophene rings is 1. The van der Waals surface area contributed by atoms with Gasteiger partial charge in [-0.05, 0) is 47.2 Å². The van der Waals surface area contributed by atoms with Crippen molar-refractivity contribution in [3.63, 3.8) is 0 Å². The minimum Gasteiger partial charge on any atom is -0.381 e. The third kappa shape index (κ3) is 5.68. The third-order valence-corrected chi connectivity index (χ3v) is 5.36. The maximum atomic E-state index is 11.9. The molecule has 0 bridgehead atoms. The van der Waals surface area contributed by atoms with E-state index in [1.165, 1.54) is 21.2 Å². The molecule has 1 amide bonds. The molecule has 26 heavy (non-hydrogen) atoms. The molecule has 136 valence electrons. The van der Waals surface area contributed by atoms with Crippen molar-refractivity contribution < 1.29 is 9.53 Å². The van der Waals surface area contributed by atoms with E-state index in [2.05, 4.69) is 47.1 Å². The van der Waals surface area contributed by atoms with E-state index in [0.717, 1.165) is 19.3 Å². The summed E-state index contributed by atoms with van der Waals surface area (Å²) < 4.78 is 6.93. The predicted octanol–water partition coefficient (Wildman–Crippen LogP) is 4.60. The Hall–Kier alpha value is -2.17. The van der Waals surface area contributed by atoms with Crippen LogP contribution in [0.4, 0.5) is 0 Å². The molecule has 1 aromatic heterocycles. The highest BCUT2D eigenvalue weighted by atomic mass is 32.1. The Balaban J connectivity index is 1.25. The zero-order valence-electron chi connectivity index (χ0n) is 14.9. The van der Waals surface area contributed by atoms with Crippen LogP contribution in [-0.2, 0) is 22.4 Å². The Morgan fingerprint density at radius 1 is 0.962 bits per heavy atom. The first-order valence-corrected chi connectivity index (χ1v) is 10.0. The summed E-state index contributed by atoms with van der Waals surface area (Å²) in [5.74, 6) is 0.108. The first-order valence-electron chi connectivity index (χ1n) is 9.16. The molecule has 0 aliphatic rings. The topological polar surface area (TPSA) is 38.3 Å². The summed E-state index contributed by atoms with van der Waals surface area (Å²) in [5, 5.41) is 6.51. The molecule has 3 nitrogen and oxygen atoms in total. The van der Waals surface area contributed by atoms with Gasteiger partial charge in [0, 0.05) is 24.3 Å². The first kappa shape index (κ1) is 18.6. The van der Waals surface area contributed by atoms with E-state index in [1.807, 2.05) is 18.2 Å². The summed E-state index contributed by atoms with van der Waals surface area (Å²) in [6.45, 7) is 2.03. The normalized spacial score (nSPS) is 10.9. The SMILES string of the molecule is O=C(CCCOCCc1ccccc1)NCCc1csc2ccccc12. The molecule has 0 unspecified atom stereocenters. The van der Waals surface area contributed by atoms with Crippen LogP contribution in [0.25, 0.3) is 10.1 Å². The molecule has 0 atom stereocenters. The lowest BCUT2D eigenvalue weighted by molar-refractivity contribution is -0.121. The number of carbonyl (C=O) groups excluding carboxylic acids is 1. The van der Waals surface area contributed by atoms with Crippen LogP contribution in [-0.4, -0.2) is 25.7 Å². The number of fused-ring (bicyclic) bond motifs is 1. The summed E-state index contributed by atoms with van der Waals surface area (Å²) in [6.07, 6.45) is 3.09. The van der Waals surface area contributed by atoms with Crippen LogP contribution < -0.4 is 5.32 Å².